The third-order valence-electron chi connectivity index (χ3n) is 9.94. The highest BCUT2D eigenvalue weighted by molar-refractivity contribution is 6.39. The summed E-state index contributed by atoms with van der Waals surface area (Å²) in [6.45, 7) is 2.03. The number of carbonyl (C=O) groups excluding carboxylic acids is 1. The fourth-order valence-corrected chi connectivity index (χ4v) is 7.90. The normalized spacial score (nSPS) is 17.9. The first-order valence-electron chi connectivity index (χ1n) is 17.2. The largest absolute Gasteiger partial charge is 0.481 e. The number of benzene rings is 2. The van der Waals surface area contributed by atoms with Crippen molar-refractivity contribution >= 4 is 51.4 Å². The van der Waals surface area contributed by atoms with E-state index >= 15 is 0 Å². The first-order valence-corrected chi connectivity index (χ1v) is 17.9. The summed E-state index contributed by atoms with van der Waals surface area (Å²) in [5.41, 5.74) is 4.52. The van der Waals surface area contributed by atoms with E-state index in [2.05, 4.69) is 32.1 Å². The van der Waals surface area contributed by atoms with E-state index in [-0.39, 0.29) is 33.1 Å². The molecule has 8 rings (SSSR count). The van der Waals surface area contributed by atoms with E-state index in [0.717, 1.165) is 79.9 Å². The maximum absolute atomic E-state index is 13.7. The topological polar surface area (TPSA) is 123 Å². The molecule has 0 radical (unpaired) electrons. The van der Waals surface area contributed by atoms with Gasteiger partial charge in [-0.05, 0) is 68.8 Å². The lowest BCUT2D eigenvalue weighted by Crippen LogP contribution is -2.52. The van der Waals surface area contributed by atoms with Gasteiger partial charge in [0.2, 0.25) is 11.8 Å². The van der Waals surface area contributed by atoms with Crippen molar-refractivity contribution in [1.29, 1.82) is 0 Å². The fraction of sp³-hybridized carbons (Fsp3) is 0.342. The van der Waals surface area contributed by atoms with Gasteiger partial charge in [0, 0.05) is 47.7 Å². The number of aromatic nitrogens is 4. The lowest BCUT2D eigenvalue weighted by atomic mass is 9.88. The third-order valence-corrected chi connectivity index (χ3v) is 10.8. The standard InChI is InChI=1S/C30H23Cl2F2N5O2.C8H14N2O/c1-39-30(40)24-16(14-35-39)13-23(27(33)34)37-28(24)36-21-11-5-9-19(26(21)32)18-8-4-10-20(25(18)31)22-12-15-6-3-7-17(15)29(38-22)41-2;11-7-2-1-3-8(10-7)4-5-9-6-8/h4-5,8-14,27H,3,6-7H2,1-2H3,(H,36,37);9H,1-6H2,(H,10,11). The molecule has 2 aromatic carbocycles. The number of halogens is 4. The van der Waals surface area contributed by atoms with E-state index in [1.54, 1.807) is 25.3 Å². The van der Waals surface area contributed by atoms with E-state index in [1.165, 1.54) is 18.8 Å². The molecular formula is C38H37Cl2F2N7O3. The number of amides is 1. The lowest BCUT2D eigenvalue weighted by molar-refractivity contribution is -0.124. The molecule has 1 aliphatic carbocycles. The number of nitrogens with zero attached hydrogens (tertiary/aromatic N) is 4. The zero-order chi connectivity index (χ0) is 36.6. The van der Waals surface area contributed by atoms with Crippen molar-refractivity contribution in [2.75, 3.05) is 25.5 Å². The van der Waals surface area contributed by atoms with Crippen molar-refractivity contribution in [2.24, 2.45) is 7.05 Å². The smallest absolute Gasteiger partial charge is 0.280 e. The number of carbonyl (C=O) groups is 1. The molecule has 2 aliphatic heterocycles. The number of alkyl halides is 2. The molecular weight excluding hydrogens is 711 g/mol. The van der Waals surface area contributed by atoms with Crippen LogP contribution < -0.4 is 26.2 Å². The summed E-state index contributed by atoms with van der Waals surface area (Å²) in [5, 5.41) is 14.4. The Bertz CT molecular complexity index is 2240. The Hall–Kier alpha value is -4.65. The van der Waals surface area contributed by atoms with E-state index in [4.69, 9.17) is 32.9 Å². The quantitative estimate of drug-likeness (QED) is 0.163. The van der Waals surface area contributed by atoms with Crippen LogP contribution in [0, 0.1) is 0 Å². The fourth-order valence-electron chi connectivity index (χ4n) is 7.30. The number of hydrogen-bond donors (Lipinski definition) is 3. The van der Waals surface area contributed by atoms with Gasteiger partial charge in [-0.2, -0.15) is 5.10 Å². The second-order valence-electron chi connectivity index (χ2n) is 13.3. The number of methoxy groups -OCH3 is 1. The number of aryl methyl sites for hydroxylation is 2. The Morgan fingerprint density at radius 3 is 2.46 bits per heavy atom. The molecule has 1 atom stereocenters. The maximum Gasteiger partial charge on any atom is 0.280 e. The predicted molar refractivity (Wildman–Crippen MR) is 199 cm³/mol. The van der Waals surface area contributed by atoms with Crippen LogP contribution in [-0.2, 0) is 24.7 Å². The van der Waals surface area contributed by atoms with Crippen molar-refractivity contribution in [3.8, 4) is 28.3 Å². The molecule has 2 saturated heterocycles. The van der Waals surface area contributed by atoms with Crippen molar-refractivity contribution in [1.82, 2.24) is 30.4 Å². The molecule has 1 spiro atoms. The Morgan fingerprint density at radius 2 is 1.73 bits per heavy atom. The van der Waals surface area contributed by atoms with E-state index < -0.39 is 17.7 Å². The molecule has 5 aromatic rings. The molecule has 0 saturated carbocycles. The number of fused-ring (bicyclic) bond motifs is 2. The first kappa shape index (κ1) is 35.7. The van der Waals surface area contributed by atoms with Gasteiger partial charge in [-0.15, -0.1) is 0 Å². The van der Waals surface area contributed by atoms with Crippen molar-refractivity contribution in [2.45, 2.75) is 56.9 Å². The second-order valence-corrected chi connectivity index (χ2v) is 14.1. The third kappa shape index (κ3) is 6.94. The molecule has 1 amide bonds. The summed E-state index contributed by atoms with van der Waals surface area (Å²) >= 11 is 13.9. The van der Waals surface area contributed by atoms with Crippen LogP contribution in [0.25, 0.3) is 33.2 Å². The number of ether oxygens (including phenoxy) is 1. The van der Waals surface area contributed by atoms with Crippen LogP contribution in [0.3, 0.4) is 0 Å². The Balaban J connectivity index is 0.000000324. The molecule has 3 N–H and O–H groups in total. The van der Waals surface area contributed by atoms with Crippen LogP contribution in [-0.4, -0.2) is 51.4 Å². The summed E-state index contributed by atoms with van der Waals surface area (Å²) in [6.07, 6.45) is 5.49. The maximum atomic E-state index is 13.7. The number of rotatable bonds is 6. The zero-order valence-corrected chi connectivity index (χ0v) is 30.2. The van der Waals surface area contributed by atoms with Gasteiger partial charge in [0.05, 0.1) is 45.7 Å². The number of anilines is 2. The second kappa shape index (κ2) is 14.8. The van der Waals surface area contributed by atoms with Gasteiger partial charge in [0.15, 0.2) is 0 Å². The van der Waals surface area contributed by atoms with Gasteiger partial charge in [-0.1, -0.05) is 53.5 Å². The highest BCUT2D eigenvalue weighted by atomic mass is 35.5. The van der Waals surface area contributed by atoms with Crippen molar-refractivity contribution in [3.05, 3.63) is 91.9 Å². The summed E-state index contributed by atoms with van der Waals surface area (Å²) in [7, 11) is 3.09. The molecule has 52 heavy (non-hydrogen) atoms. The monoisotopic (exact) mass is 747 g/mol. The van der Waals surface area contributed by atoms with Gasteiger partial charge in [-0.25, -0.2) is 23.4 Å². The Kier molecular flexibility index (Phi) is 10.1. The molecule has 2 fully saturated rings. The van der Waals surface area contributed by atoms with Gasteiger partial charge >= 0.3 is 0 Å². The summed E-state index contributed by atoms with van der Waals surface area (Å²) in [4.78, 5) is 32.8. The minimum absolute atomic E-state index is 0.0471. The first-order chi connectivity index (χ1) is 25.1. The van der Waals surface area contributed by atoms with Crippen LogP contribution in [0.5, 0.6) is 5.88 Å². The molecule has 270 valence electrons. The highest BCUT2D eigenvalue weighted by Crippen LogP contribution is 2.43. The molecule has 10 nitrogen and oxygen atoms in total. The number of pyridine rings is 2. The van der Waals surface area contributed by atoms with Crippen LogP contribution in [0.2, 0.25) is 10.0 Å². The van der Waals surface area contributed by atoms with Gasteiger partial charge in [0.1, 0.15) is 11.5 Å². The number of hydrogen-bond acceptors (Lipinski definition) is 8. The highest BCUT2D eigenvalue weighted by Gasteiger charge is 2.37. The number of nitrogens with one attached hydrogen (secondary N) is 3. The van der Waals surface area contributed by atoms with Crippen LogP contribution in [0.4, 0.5) is 20.3 Å². The molecule has 14 heteroatoms. The average molecular weight is 749 g/mol. The van der Waals surface area contributed by atoms with Gasteiger partial charge in [-0.3, -0.25) is 9.59 Å². The minimum Gasteiger partial charge on any atom is -0.481 e. The van der Waals surface area contributed by atoms with Crippen LogP contribution >= 0.6 is 23.2 Å². The molecule has 1 unspecified atom stereocenters. The molecule has 3 aromatic heterocycles. The van der Waals surface area contributed by atoms with Gasteiger partial charge < -0.3 is 20.7 Å². The van der Waals surface area contributed by atoms with Crippen LogP contribution in [0.15, 0.2) is 59.5 Å². The SMILES string of the molecule is COc1nc(-c2cccc(-c3cccc(Nc4nc(C(F)F)cc5cnn(C)c(=O)c45)c3Cl)c2Cl)cc2c1CCC2.O=C1CCCC2(CCNC2)N1. The lowest BCUT2D eigenvalue weighted by Gasteiger charge is -2.33. The minimum atomic E-state index is -2.85. The summed E-state index contributed by atoms with van der Waals surface area (Å²) in [5.74, 6) is 0.793. The Morgan fingerprint density at radius 1 is 0.962 bits per heavy atom. The van der Waals surface area contributed by atoms with E-state index in [9.17, 15) is 18.4 Å². The van der Waals surface area contributed by atoms with Crippen molar-refractivity contribution in [3.63, 3.8) is 0 Å². The average Bonchev–Trinajstić information content (AvgIpc) is 3.80. The van der Waals surface area contributed by atoms with Gasteiger partial charge in [0.25, 0.3) is 12.0 Å². The van der Waals surface area contributed by atoms with Crippen molar-refractivity contribution < 1.29 is 18.3 Å². The Labute approximate surface area is 308 Å². The number of piperidine rings is 1. The summed E-state index contributed by atoms with van der Waals surface area (Å²) < 4.78 is 34.0. The molecule has 3 aliphatic rings. The summed E-state index contributed by atoms with van der Waals surface area (Å²) in [6, 6.07) is 14.0. The van der Waals surface area contributed by atoms with E-state index in [0.29, 0.717) is 33.4 Å². The predicted octanol–water partition coefficient (Wildman–Crippen LogP) is 7.56. The molecule has 5 heterocycles. The van der Waals surface area contributed by atoms with Crippen LogP contribution in [0.1, 0.15) is 55.4 Å². The van der Waals surface area contributed by atoms with E-state index in [1.807, 2.05) is 18.2 Å². The molecule has 0 bridgehead atoms. The zero-order valence-electron chi connectivity index (χ0n) is 28.7.